The zero-order chi connectivity index (χ0) is 16.9. The van der Waals surface area contributed by atoms with Gasteiger partial charge in [-0.2, -0.15) is 0 Å². The molecule has 0 aromatic carbocycles. The van der Waals surface area contributed by atoms with Gasteiger partial charge < -0.3 is 14.4 Å². The lowest BCUT2D eigenvalue weighted by Gasteiger charge is -2.38. The first-order valence-corrected chi connectivity index (χ1v) is 9.04. The second-order valence-electron chi connectivity index (χ2n) is 8.36. The van der Waals surface area contributed by atoms with E-state index in [1.807, 2.05) is 0 Å². The first-order valence-electron chi connectivity index (χ1n) is 9.04. The van der Waals surface area contributed by atoms with Gasteiger partial charge in [0, 0.05) is 12.6 Å². The molecule has 1 amide bonds. The van der Waals surface area contributed by atoms with Crippen LogP contribution in [0, 0.1) is 29.6 Å². The Labute approximate surface area is 143 Å². The van der Waals surface area contributed by atoms with Crippen LogP contribution in [0.1, 0.15) is 62.3 Å². The number of furan rings is 1. The van der Waals surface area contributed by atoms with Gasteiger partial charge in [-0.25, -0.2) is 0 Å². The van der Waals surface area contributed by atoms with Gasteiger partial charge in [-0.3, -0.25) is 4.79 Å². The van der Waals surface area contributed by atoms with Crippen molar-refractivity contribution in [3.05, 3.63) is 23.7 Å². The van der Waals surface area contributed by atoms with Gasteiger partial charge >= 0.3 is 0 Å². The maximum absolute atomic E-state index is 13.0. The average molecular weight is 327 g/mol. The van der Waals surface area contributed by atoms with Crippen LogP contribution in [-0.4, -0.2) is 34.1 Å². The Morgan fingerprint density at radius 3 is 2.50 bits per heavy atom. The molecule has 4 heteroatoms. The van der Waals surface area contributed by atoms with Crippen LogP contribution < -0.4 is 0 Å². The minimum absolute atomic E-state index is 0.00417. The number of fused-ring (bicyclic) bond motifs is 1. The summed E-state index contributed by atoms with van der Waals surface area (Å²) in [6.45, 7) is 4.12. The molecule has 2 saturated heterocycles. The molecule has 5 rings (SSSR count). The molecular weight excluding hydrogens is 302 g/mol. The summed E-state index contributed by atoms with van der Waals surface area (Å²) in [6.07, 6.45) is 6.26. The van der Waals surface area contributed by atoms with Crippen LogP contribution in [0.2, 0.25) is 0 Å². The third kappa shape index (κ3) is 3.10. The lowest BCUT2D eigenvalue weighted by atomic mass is 9.68. The number of rotatable bonds is 1. The summed E-state index contributed by atoms with van der Waals surface area (Å²) in [5.74, 6) is 8.61. The van der Waals surface area contributed by atoms with Crippen LogP contribution in [0.25, 0.3) is 0 Å². The predicted octanol–water partition coefficient (Wildman–Crippen LogP) is 3.05. The van der Waals surface area contributed by atoms with Crippen LogP contribution in [0.15, 0.2) is 16.5 Å². The van der Waals surface area contributed by atoms with Crippen LogP contribution >= 0.6 is 0 Å². The molecule has 3 heterocycles. The lowest BCUT2D eigenvalue weighted by Crippen LogP contribution is -2.42. The van der Waals surface area contributed by atoms with E-state index >= 15 is 0 Å². The van der Waals surface area contributed by atoms with Gasteiger partial charge in [0.05, 0.1) is 0 Å². The zero-order valence-electron chi connectivity index (χ0n) is 14.4. The highest BCUT2D eigenvalue weighted by Crippen LogP contribution is 2.47. The van der Waals surface area contributed by atoms with E-state index in [9.17, 15) is 9.90 Å². The number of hydrogen-bond donors (Lipinski definition) is 1. The van der Waals surface area contributed by atoms with E-state index in [0.717, 1.165) is 31.2 Å². The van der Waals surface area contributed by atoms with Crippen molar-refractivity contribution in [1.29, 1.82) is 0 Å². The maximum atomic E-state index is 13.0. The monoisotopic (exact) mass is 327 g/mol. The summed E-state index contributed by atoms with van der Waals surface area (Å²) >= 11 is 0. The molecule has 24 heavy (non-hydrogen) atoms. The summed E-state index contributed by atoms with van der Waals surface area (Å²) in [7, 11) is 0. The molecule has 128 valence electrons. The van der Waals surface area contributed by atoms with E-state index in [1.54, 1.807) is 26.0 Å². The van der Waals surface area contributed by atoms with Crippen molar-refractivity contribution in [3.63, 3.8) is 0 Å². The molecule has 4 aliphatic rings. The molecule has 1 aromatic rings. The summed E-state index contributed by atoms with van der Waals surface area (Å²) in [4.78, 5) is 15.0. The highest BCUT2D eigenvalue weighted by Gasteiger charge is 2.44. The van der Waals surface area contributed by atoms with Crippen LogP contribution in [-0.2, 0) is 0 Å². The van der Waals surface area contributed by atoms with E-state index in [4.69, 9.17) is 4.42 Å². The van der Waals surface area contributed by atoms with Gasteiger partial charge in [0.2, 0.25) is 0 Å². The van der Waals surface area contributed by atoms with Gasteiger partial charge in [-0.1, -0.05) is 5.92 Å². The van der Waals surface area contributed by atoms with Gasteiger partial charge in [0.15, 0.2) is 11.5 Å². The van der Waals surface area contributed by atoms with Gasteiger partial charge in [-0.15, -0.1) is 0 Å². The molecule has 2 saturated carbocycles. The Balaban J connectivity index is 1.53. The third-order valence-corrected chi connectivity index (χ3v) is 5.68. The molecule has 2 unspecified atom stereocenters. The number of carbonyl (C=O) groups is 1. The zero-order valence-corrected chi connectivity index (χ0v) is 14.4. The SMILES string of the molecule is CC(C)(O)C#Cc1ccc(C(=O)N2CC3CC4CC(C3)CC2C4)o1. The van der Waals surface area contributed by atoms with Crippen molar-refractivity contribution in [2.24, 2.45) is 17.8 Å². The largest absolute Gasteiger partial charge is 0.443 e. The summed E-state index contributed by atoms with van der Waals surface area (Å²) in [5.41, 5.74) is -1.07. The molecule has 4 fully saturated rings. The van der Waals surface area contributed by atoms with E-state index < -0.39 is 5.60 Å². The second-order valence-corrected chi connectivity index (χ2v) is 8.36. The second kappa shape index (κ2) is 5.67. The van der Waals surface area contributed by atoms with Crippen molar-refractivity contribution < 1.29 is 14.3 Å². The normalized spacial score (nSPS) is 31.5. The van der Waals surface area contributed by atoms with E-state index in [1.165, 1.54) is 19.3 Å². The fourth-order valence-corrected chi connectivity index (χ4v) is 4.91. The topological polar surface area (TPSA) is 53.7 Å². The molecular formula is C20H25NO3. The number of aliphatic hydroxyl groups is 1. The highest BCUT2D eigenvalue weighted by molar-refractivity contribution is 5.92. The number of carbonyl (C=O) groups excluding carboxylic acids is 1. The quantitative estimate of drug-likeness (QED) is 0.807. The minimum atomic E-state index is -1.07. The first-order chi connectivity index (χ1) is 11.4. The van der Waals surface area contributed by atoms with Crippen LogP contribution in [0.3, 0.4) is 0 Å². The lowest BCUT2D eigenvalue weighted by molar-refractivity contribution is 0.0600. The smallest absolute Gasteiger partial charge is 0.289 e. The Morgan fingerprint density at radius 1 is 1.17 bits per heavy atom. The van der Waals surface area contributed by atoms with Crippen molar-refractivity contribution in [1.82, 2.24) is 4.90 Å². The number of hydrogen-bond acceptors (Lipinski definition) is 3. The van der Waals surface area contributed by atoms with E-state index in [-0.39, 0.29) is 5.91 Å². The Bertz CT molecular complexity index is 688. The molecule has 2 aliphatic carbocycles. The molecule has 2 atom stereocenters. The Kier molecular flexibility index (Phi) is 3.73. The third-order valence-electron chi connectivity index (χ3n) is 5.68. The molecule has 4 bridgehead atoms. The molecule has 0 spiro atoms. The summed E-state index contributed by atoms with van der Waals surface area (Å²) in [5, 5.41) is 9.67. The summed E-state index contributed by atoms with van der Waals surface area (Å²) in [6, 6.07) is 3.81. The van der Waals surface area contributed by atoms with E-state index in [2.05, 4.69) is 16.7 Å². The van der Waals surface area contributed by atoms with Crippen molar-refractivity contribution in [2.45, 2.75) is 57.6 Å². The number of amides is 1. The van der Waals surface area contributed by atoms with Gasteiger partial charge in [0.1, 0.15) is 5.60 Å². The Morgan fingerprint density at radius 2 is 1.83 bits per heavy atom. The number of nitrogens with zero attached hydrogens (tertiary/aromatic N) is 1. The standard InChI is InChI=1S/C20H25NO3/c1-20(2,23)6-5-17-3-4-18(24-17)19(22)21-12-15-8-13-7-14(9-15)11-16(21)10-13/h3-4,13-16,23H,7-12H2,1-2H3. The first kappa shape index (κ1) is 15.8. The van der Waals surface area contributed by atoms with Crippen molar-refractivity contribution in [2.75, 3.05) is 6.54 Å². The molecule has 1 N–H and O–H groups in total. The molecule has 4 nitrogen and oxygen atoms in total. The highest BCUT2D eigenvalue weighted by atomic mass is 16.4. The molecule has 1 aromatic heterocycles. The van der Waals surface area contributed by atoms with Crippen LogP contribution in [0.4, 0.5) is 0 Å². The summed E-state index contributed by atoms with van der Waals surface area (Å²) < 4.78 is 5.65. The van der Waals surface area contributed by atoms with Gasteiger partial charge in [-0.05, 0) is 81.8 Å². The molecule has 2 aliphatic heterocycles. The van der Waals surface area contributed by atoms with Crippen molar-refractivity contribution >= 4 is 5.91 Å². The fourth-order valence-electron chi connectivity index (χ4n) is 4.91. The van der Waals surface area contributed by atoms with Crippen molar-refractivity contribution in [3.8, 4) is 11.8 Å². The van der Waals surface area contributed by atoms with E-state index in [0.29, 0.717) is 23.5 Å². The Hall–Kier alpha value is -1.73. The molecule has 0 radical (unpaired) electrons. The van der Waals surface area contributed by atoms with Crippen LogP contribution in [0.5, 0.6) is 0 Å². The fraction of sp³-hybridized carbons (Fsp3) is 0.650. The maximum Gasteiger partial charge on any atom is 0.289 e. The average Bonchev–Trinajstić information content (AvgIpc) is 2.89. The minimum Gasteiger partial charge on any atom is -0.443 e. The predicted molar refractivity (Wildman–Crippen MR) is 90.3 cm³/mol. The van der Waals surface area contributed by atoms with Gasteiger partial charge in [0.25, 0.3) is 5.91 Å².